The molecule has 2 rings (SSSR count). The first-order valence-electron chi connectivity index (χ1n) is 6.83. The second-order valence-electron chi connectivity index (χ2n) is 6.13. The van der Waals surface area contributed by atoms with Crippen molar-refractivity contribution < 1.29 is 23.1 Å². The minimum absolute atomic E-state index is 0.0589. The highest BCUT2D eigenvalue weighted by atomic mass is 32.2. The van der Waals surface area contributed by atoms with Gasteiger partial charge in [-0.1, -0.05) is 26.0 Å². The van der Waals surface area contributed by atoms with E-state index >= 15 is 0 Å². The van der Waals surface area contributed by atoms with Crippen molar-refractivity contribution in [2.24, 2.45) is 5.41 Å². The predicted octanol–water partition coefficient (Wildman–Crippen LogP) is 3.30. The third kappa shape index (κ3) is 3.76. The van der Waals surface area contributed by atoms with Gasteiger partial charge in [0.25, 0.3) is 0 Å². The Kier molecular flexibility index (Phi) is 4.77. The summed E-state index contributed by atoms with van der Waals surface area (Å²) in [5.41, 5.74) is -0.490. The van der Waals surface area contributed by atoms with Crippen LogP contribution in [0, 0.1) is 5.41 Å². The van der Waals surface area contributed by atoms with Gasteiger partial charge in [-0.15, -0.1) is 11.8 Å². The highest BCUT2D eigenvalue weighted by Crippen LogP contribution is 2.41. The van der Waals surface area contributed by atoms with Crippen molar-refractivity contribution in [2.75, 3.05) is 18.9 Å². The van der Waals surface area contributed by atoms with Gasteiger partial charge in [-0.3, -0.25) is 4.79 Å². The number of hydrogen-bond donors (Lipinski definition) is 1. The summed E-state index contributed by atoms with van der Waals surface area (Å²) in [4.78, 5) is 13.6. The van der Waals surface area contributed by atoms with Crippen molar-refractivity contribution in [1.29, 1.82) is 0 Å². The van der Waals surface area contributed by atoms with Gasteiger partial charge in [0.15, 0.2) is 0 Å². The fourth-order valence-corrected chi connectivity index (χ4v) is 3.44. The zero-order valence-electron chi connectivity index (χ0n) is 12.4. The second-order valence-corrected chi connectivity index (χ2v) is 7.20. The molecule has 122 valence electrons. The summed E-state index contributed by atoms with van der Waals surface area (Å²) in [6, 6.07) is 4.90. The first kappa shape index (κ1) is 17.1. The van der Waals surface area contributed by atoms with E-state index in [1.165, 1.54) is 23.9 Å². The molecule has 0 aliphatic carbocycles. The average Bonchev–Trinajstić information content (AvgIpc) is 2.79. The van der Waals surface area contributed by atoms with Crippen LogP contribution in [0.3, 0.4) is 0 Å². The highest BCUT2D eigenvalue weighted by molar-refractivity contribution is 8.00. The summed E-state index contributed by atoms with van der Waals surface area (Å²) in [6.07, 6.45) is -4.37. The molecule has 1 atom stereocenters. The number of carbonyl (C=O) groups excluding carboxylic acids is 1. The Balaban J connectivity index is 2.21. The zero-order chi connectivity index (χ0) is 16.5. The lowest BCUT2D eigenvalue weighted by Gasteiger charge is -2.32. The van der Waals surface area contributed by atoms with Gasteiger partial charge in [0.1, 0.15) is 5.37 Å². The molecule has 1 N–H and O–H groups in total. The molecule has 3 nitrogen and oxygen atoms in total. The topological polar surface area (TPSA) is 40.5 Å². The molecule has 1 aliphatic rings. The first-order chi connectivity index (χ1) is 10.1. The highest BCUT2D eigenvalue weighted by Gasteiger charge is 2.37. The van der Waals surface area contributed by atoms with Crippen molar-refractivity contribution in [1.82, 2.24) is 4.90 Å². The van der Waals surface area contributed by atoms with Gasteiger partial charge in [-0.25, -0.2) is 0 Å². The molecule has 1 unspecified atom stereocenters. The van der Waals surface area contributed by atoms with E-state index in [1.807, 2.05) is 13.8 Å². The summed E-state index contributed by atoms with van der Waals surface area (Å²) in [5.74, 6) is 0.240. The Hall–Kier alpha value is -1.21. The fourth-order valence-electron chi connectivity index (χ4n) is 2.25. The molecule has 0 radical (unpaired) electrons. The molecule has 0 bridgehead atoms. The Morgan fingerprint density at radius 1 is 1.27 bits per heavy atom. The van der Waals surface area contributed by atoms with E-state index in [4.69, 9.17) is 0 Å². The van der Waals surface area contributed by atoms with Crippen LogP contribution in [0.4, 0.5) is 13.2 Å². The van der Waals surface area contributed by atoms with Crippen LogP contribution in [0.25, 0.3) is 0 Å². The minimum atomic E-state index is -4.37. The lowest BCUT2D eigenvalue weighted by atomic mass is 9.94. The number of rotatable bonds is 4. The van der Waals surface area contributed by atoms with E-state index in [9.17, 15) is 23.1 Å². The number of thioether (sulfide) groups is 1. The number of aliphatic hydroxyl groups is 1. The molecule has 7 heteroatoms. The molecule has 1 aromatic rings. The van der Waals surface area contributed by atoms with E-state index in [-0.39, 0.29) is 17.9 Å². The maximum atomic E-state index is 12.6. The average molecular weight is 333 g/mol. The van der Waals surface area contributed by atoms with Gasteiger partial charge in [-0.2, -0.15) is 13.2 Å². The van der Waals surface area contributed by atoms with E-state index < -0.39 is 17.2 Å². The number of aliphatic hydroxyl groups excluding tert-OH is 1. The third-order valence-corrected chi connectivity index (χ3v) is 4.77. The van der Waals surface area contributed by atoms with Gasteiger partial charge in [-0.05, 0) is 17.7 Å². The van der Waals surface area contributed by atoms with Gasteiger partial charge >= 0.3 is 6.18 Å². The lowest BCUT2D eigenvalue weighted by Crippen LogP contribution is -2.38. The molecule has 0 saturated carbocycles. The summed E-state index contributed by atoms with van der Waals surface area (Å²) in [7, 11) is 0. The van der Waals surface area contributed by atoms with Crippen LogP contribution in [0.1, 0.15) is 30.3 Å². The fraction of sp³-hybridized carbons (Fsp3) is 0.533. The lowest BCUT2D eigenvalue weighted by molar-refractivity contribution is -0.137. The van der Waals surface area contributed by atoms with Crippen LogP contribution < -0.4 is 0 Å². The quantitative estimate of drug-likeness (QED) is 0.919. The van der Waals surface area contributed by atoms with Crippen LogP contribution in [-0.2, 0) is 11.0 Å². The molecule has 1 heterocycles. The summed E-state index contributed by atoms with van der Waals surface area (Å²) in [5, 5.41) is 9.05. The van der Waals surface area contributed by atoms with Crippen LogP contribution >= 0.6 is 11.8 Å². The Bertz CT molecular complexity index is 543. The molecule has 1 amide bonds. The molecule has 1 aromatic carbocycles. The van der Waals surface area contributed by atoms with Crippen molar-refractivity contribution in [3.63, 3.8) is 0 Å². The van der Waals surface area contributed by atoms with Crippen LogP contribution in [0.2, 0.25) is 0 Å². The second kappa shape index (κ2) is 6.12. The predicted molar refractivity (Wildman–Crippen MR) is 79.2 cm³/mol. The summed E-state index contributed by atoms with van der Waals surface area (Å²) < 4.78 is 37.8. The van der Waals surface area contributed by atoms with Gasteiger partial charge < -0.3 is 10.0 Å². The van der Waals surface area contributed by atoms with Crippen molar-refractivity contribution in [2.45, 2.75) is 25.4 Å². The van der Waals surface area contributed by atoms with Crippen LogP contribution in [-0.4, -0.2) is 34.8 Å². The SMILES string of the molecule is CC(C)(CO)CN1C(=O)CSC1c1ccc(C(F)(F)F)cc1. The summed E-state index contributed by atoms with van der Waals surface area (Å²) >= 11 is 1.39. The number of alkyl halides is 3. The number of amides is 1. The molecular formula is C15H18F3NO2S. The molecule has 1 saturated heterocycles. The molecule has 1 fully saturated rings. The van der Waals surface area contributed by atoms with Gasteiger partial charge in [0, 0.05) is 18.6 Å². The molecule has 1 aliphatic heterocycles. The van der Waals surface area contributed by atoms with E-state index in [0.717, 1.165) is 12.1 Å². The van der Waals surface area contributed by atoms with E-state index in [2.05, 4.69) is 0 Å². The summed E-state index contributed by atoms with van der Waals surface area (Å²) in [6.45, 7) is 3.97. The van der Waals surface area contributed by atoms with E-state index in [0.29, 0.717) is 17.9 Å². The number of nitrogens with zero attached hydrogens (tertiary/aromatic N) is 1. The Morgan fingerprint density at radius 2 is 1.86 bits per heavy atom. The maximum Gasteiger partial charge on any atom is 0.416 e. The van der Waals surface area contributed by atoms with Gasteiger partial charge in [0.05, 0.1) is 11.3 Å². The molecular weight excluding hydrogens is 315 g/mol. The number of halogens is 3. The molecule has 22 heavy (non-hydrogen) atoms. The number of hydrogen-bond acceptors (Lipinski definition) is 3. The number of benzene rings is 1. The largest absolute Gasteiger partial charge is 0.416 e. The standard InChI is InChI=1S/C15H18F3NO2S/c1-14(2,9-20)8-19-12(21)7-22-13(19)10-3-5-11(6-4-10)15(16,17)18/h3-6,13,20H,7-9H2,1-2H3. The first-order valence-corrected chi connectivity index (χ1v) is 7.88. The maximum absolute atomic E-state index is 12.6. The zero-order valence-corrected chi connectivity index (χ0v) is 13.2. The minimum Gasteiger partial charge on any atom is -0.396 e. The Labute approximate surface area is 131 Å². The van der Waals surface area contributed by atoms with Gasteiger partial charge in [0.2, 0.25) is 5.91 Å². The normalized spacial score (nSPS) is 19.8. The smallest absolute Gasteiger partial charge is 0.396 e. The van der Waals surface area contributed by atoms with Crippen molar-refractivity contribution in [3.05, 3.63) is 35.4 Å². The van der Waals surface area contributed by atoms with Crippen LogP contribution in [0.5, 0.6) is 0 Å². The molecule has 0 aromatic heterocycles. The van der Waals surface area contributed by atoms with Crippen molar-refractivity contribution >= 4 is 17.7 Å². The Morgan fingerprint density at radius 3 is 2.36 bits per heavy atom. The third-order valence-electron chi connectivity index (χ3n) is 3.52. The molecule has 0 spiro atoms. The monoisotopic (exact) mass is 333 g/mol. The van der Waals surface area contributed by atoms with Crippen molar-refractivity contribution in [3.8, 4) is 0 Å². The van der Waals surface area contributed by atoms with E-state index in [1.54, 1.807) is 4.90 Å². The van der Waals surface area contributed by atoms with Crippen LogP contribution in [0.15, 0.2) is 24.3 Å². The number of carbonyl (C=O) groups is 1.